The number of ether oxygens (including phenoxy) is 3. The molecule has 0 saturated carbocycles. The van der Waals surface area contributed by atoms with Crippen LogP contribution in [0.15, 0.2) is 18.2 Å². The van der Waals surface area contributed by atoms with Crippen molar-refractivity contribution in [2.45, 2.75) is 32.2 Å². The van der Waals surface area contributed by atoms with Crippen LogP contribution < -0.4 is 14.8 Å². The van der Waals surface area contributed by atoms with E-state index in [-0.39, 0.29) is 18.6 Å². The highest BCUT2D eigenvalue weighted by Crippen LogP contribution is 2.27. The van der Waals surface area contributed by atoms with Crippen molar-refractivity contribution in [1.82, 2.24) is 15.1 Å². The van der Waals surface area contributed by atoms with Crippen molar-refractivity contribution in [2.24, 2.45) is 0 Å². The number of nitrogens with zero attached hydrogens (tertiary/aromatic N) is 2. The largest absolute Gasteiger partial charge is 0.493 e. The molecule has 1 aliphatic rings. The van der Waals surface area contributed by atoms with Crippen LogP contribution in [-0.2, 0) is 16.0 Å². The van der Waals surface area contributed by atoms with E-state index in [1.165, 1.54) is 5.56 Å². The minimum absolute atomic E-state index is 0.0943. The number of likely N-dealkylation sites (N-methyl/N-ethyl adjacent to an activating group) is 1. The van der Waals surface area contributed by atoms with Gasteiger partial charge in [-0.1, -0.05) is 6.07 Å². The highest BCUT2D eigenvalue weighted by Gasteiger charge is 2.26. The Hall–Kier alpha value is -2.48. The van der Waals surface area contributed by atoms with Gasteiger partial charge in [-0.15, -0.1) is 0 Å². The van der Waals surface area contributed by atoms with Crippen molar-refractivity contribution in [3.63, 3.8) is 0 Å². The third-order valence-corrected chi connectivity index (χ3v) is 5.20. The van der Waals surface area contributed by atoms with Crippen molar-refractivity contribution >= 4 is 12.0 Å². The molecule has 1 heterocycles. The van der Waals surface area contributed by atoms with E-state index < -0.39 is 5.97 Å². The molecule has 8 nitrogen and oxygen atoms in total. The molecule has 1 aromatic rings. The van der Waals surface area contributed by atoms with Crippen molar-refractivity contribution in [3.8, 4) is 11.5 Å². The lowest BCUT2D eigenvalue weighted by atomic mass is 10.0. The number of carbonyl (C=O) groups is 2. The Balaban J connectivity index is 1.83. The summed E-state index contributed by atoms with van der Waals surface area (Å²) in [6, 6.07) is 6.05. The Morgan fingerprint density at radius 1 is 1.24 bits per heavy atom. The maximum atomic E-state index is 12.3. The predicted octanol–water partition coefficient (Wildman–Crippen LogP) is 1.92. The normalized spacial score (nSPS) is 16.4. The molecule has 0 spiro atoms. The SMILES string of the molecule is CCOC(=O)CNC(=O)N1CCC[C@H](N(C)CCc2ccc(OC)c(OC)c2)C1. The zero-order valence-electron chi connectivity index (χ0n) is 17.9. The quantitative estimate of drug-likeness (QED) is 0.630. The summed E-state index contributed by atoms with van der Waals surface area (Å²) in [6.45, 7) is 4.19. The molecule has 1 N–H and O–H groups in total. The monoisotopic (exact) mass is 407 g/mol. The van der Waals surface area contributed by atoms with Crippen LogP contribution in [0.4, 0.5) is 4.79 Å². The summed E-state index contributed by atoms with van der Waals surface area (Å²) >= 11 is 0. The number of rotatable bonds is 9. The van der Waals surface area contributed by atoms with Crippen LogP contribution in [0, 0.1) is 0 Å². The van der Waals surface area contributed by atoms with Crippen LogP contribution in [-0.4, -0.2) is 81.9 Å². The van der Waals surface area contributed by atoms with Gasteiger partial charge in [-0.3, -0.25) is 4.79 Å². The van der Waals surface area contributed by atoms with Crippen LogP contribution in [0.5, 0.6) is 11.5 Å². The highest BCUT2D eigenvalue weighted by atomic mass is 16.5. The fourth-order valence-corrected chi connectivity index (χ4v) is 3.49. The predicted molar refractivity (Wildman–Crippen MR) is 111 cm³/mol. The number of nitrogens with one attached hydrogen (secondary N) is 1. The Morgan fingerprint density at radius 2 is 2.00 bits per heavy atom. The zero-order valence-corrected chi connectivity index (χ0v) is 17.9. The van der Waals surface area contributed by atoms with Crippen LogP contribution in [0.25, 0.3) is 0 Å². The van der Waals surface area contributed by atoms with E-state index in [9.17, 15) is 9.59 Å². The van der Waals surface area contributed by atoms with E-state index in [0.717, 1.165) is 37.3 Å². The summed E-state index contributed by atoms with van der Waals surface area (Å²) in [5.74, 6) is 1.04. The standard InChI is InChI=1S/C21H33N3O5/c1-5-29-20(25)14-22-21(26)24-11-6-7-17(15-24)23(2)12-10-16-8-9-18(27-3)19(13-16)28-4/h8-9,13,17H,5-7,10-12,14-15H2,1-4H3,(H,22,26)/t17-/m0/s1. The maximum absolute atomic E-state index is 12.3. The fraction of sp³-hybridized carbons (Fsp3) is 0.619. The molecule has 8 heteroatoms. The van der Waals surface area contributed by atoms with E-state index in [0.29, 0.717) is 19.7 Å². The second-order valence-corrected chi connectivity index (χ2v) is 7.13. The third-order valence-electron chi connectivity index (χ3n) is 5.20. The van der Waals surface area contributed by atoms with Gasteiger partial charge in [-0.05, 0) is 50.9 Å². The number of benzene rings is 1. The number of amides is 2. The van der Waals surface area contributed by atoms with Gasteiger partial charge in [-0.25, -0.2) is 4.79 Å². The second kappa shape index (κ2) is 11.5. The molecule has 0 aromatic heterocycles. The number of methoxy groups -OCH3 is 2. The van der Waals surface area contributed by atoms with Crippen LogP contribution in [0.1, 0.15) is 25.3 Å². The van der Waals surface area contributed by atoms with E-state index in [2.05, 4.69) is 17.3 Å². The summed E-state index contributed by atoms with van der Waals surface area (Å²) in [5, 5.41) is 2.65. The van der Waals surface area contributed by atoms with Gasteiger partial charge in [0.15, 0.2) is 11.5 Å². The molecule has 2 rings (SSSR count). The Kier molecular flexibility index (Phi) is 9.05. The molecule has 0 aliphatic carbocycles. The van der Waals surface area contributed by atoms with Gasteiger partial charge >= 0.3 is 12.0 Å². The fourth-order valence-electron chi connectivity index (χ4n) is 3.49. The lowest BCUT2D eigenvalue weighted by Crippen LogP contribution is -2.52. The van der Waals surface area contributed by atoms with Gasteiger partial charge in [0.2, 0.25) is 0 Å². The molecular weight excluding hydrogens is 374 g/mol. The number of carbonyl (C=O) groups excluding carboxylic acids is 2. The van der Waals surface area contributed by atoms with Crippen molar-refractivity contribution in [1.29, 1.82) is 0 Å². The van der Waals surface area contributed by atoms with E-state index in [4.69, 9.17) is 14.2 Å². The maximum Gasteiger partial charge on any atom is 0.325 e. The Morgan fingerprint density at radius 3 is 2.69 bits per heavy atom. The molecule has 162 valence electrons. The lowest BCUT2D eigenvalue weighted by molar-refractivity contribution is -0.141. The molecule has 0 unspecified atom stereocenters. The summed E-state index contributed by atoms with van der Waals surface area (Å²) in [5.41, 5.74) is 1.18. The van der Waals surface area contributed by atoms with Gasteiger partial charge in [0, 0.05) is 25.7 Å². The Labute approximate surface area is 173 Å². The van der Waals surface area contributed by atoms with Crippen molar-refractivity contribution in [2.75, 3.05) is 54.1 Å². The average Bonchev–Trinajstić information content (AvgIpc) is 2.75. The summed E-state index contributed by atoms with van der Waals surface area (Å²) < 4.78 is 15.5. The molecule has 0 bridgehead atoms. The van der Waals surface area contributed by atoms with E-state index in [1.807, 2.05) is 18.2 Å². The molecule has 2 amide bonds. The van der Waals surface area contributed by atoms with Gasteiger partial charge in [0.1, 0.15) is 6.54 Å². The topological polar surface area (TPSA) is 80.3 Å². The molecule has 29 heavy (non-hydrogen) atoms. The van der Waals surface area contributed by atoms with E-state index >= 15 is 0 Å². The first-order valence-electron chi connectivity index (χ1n) is 10.1. The van der Waals surface area contributed by atoms with Crippen molar-refractivity contribution < 1.29 is 23.8 Å². The summed E-state index contributed by atoms with van der Waals surface area (Å²) in [7, 11) is 5.35. The zero-order chi connectivity index (χ0) is 21.2. The number of hydrogen-bond acceptors (Lipinski definition) is 6. The summed E-state index contributed by atoms with van der Waals surface area (Å²) in [4.78, 5) is 27.8. The van der Waals surface area contributed by atoms with Gasteiger partial charge < -0.3 is 29.3 Å². The number of likely N-dealkylation sites (tertiary alicyclic amines) is 1. The first-order valence-corrected chi connectivity index (χ1v) is 10.1. The molecule has 0 radical (unpaired) electrons. The molecule has 1 atom stereocenters. The number of urea groups is 1. The molecular formula is C21H33N3O5. The Bertz CT molecular complexity index is 682. The smallest absolute Gasteiger partial charge is 0.325 e. The number of piperidine rings is 1. The van der Waals surface area contributed by atoms with Crippen molar-refractivity contribution in [3.05, 3.63) is 23.8 Å². The molecule has 1 fully saturated rings. The molecule has 1 saturated heterocycles. The number of hydrogen-bond donors (Lipinski definition) is 1. The molecule has 1 aliphatic heterocycles. The lowest BCUT2D eigenvalue weighted by Gasteiger charge is -2.37. The van der Waals surface area contributed by atoms with Gasteiger partial charge in [-0.2, -0.15) is 0 Å². The van der Waals surface area contributed by atoms with E-state index in [1.54, 1.807) is 26.0 Å². The first-order chi connectivity index (χ1) is 14.0. The minimum atomic E-state index is -0.415. The summed E-state index contributed by atoms with van der Waals surface area (Å²) in [6.07, 6.45) is 2.87. The second-order valence-electron chi connectivity index (χ2n) is 7.13. The average molecular weight is 408 g/mol. The highest BCUT2D eigenvalue weighted by molar-refractivity contribution is 5.80. The van der Waals surface area contributed by atoms with Crippen LogP contribution in [0.3, 0.4) is 0 Å². The third kappa shape index (κ3) is 6.81. The number of esters is 1. The molecule has 1 aromatic carbocycles. The van der Waals surface area contributed by atoms with Gasteiger partial charge in [0.25, 0.3) is 0 Å². The minimum Gasteiger partial charge on any atom is -0.493 e. The first kappa shape index (κ1) is 22.8. The van der Waals surface area contributed by atoms with Crippen LogP contribution in [0.2, 0.25) is 0 Å². The van der Waals surface area contributed by atoms with Gasteiger partial charge in [0.05, 0.1) is 20.8 Å². The van der Waals surface area contributed by atoms with Crippen LogP contribution >= 0.6 is 0 Å².